The molecular formula is C17H26N2O. The van der Waals surface area contributed by atoms with Crippen molar-refractivity contribution in [1.29, 1.82) is 0 Å². The fourth-order valence-corrected chi connectivity index (χ4v) is 3.05. The molecule has 1 aromatic carbocycles. The van der Waals surface area contributed by atoms with Gasteiger partial charge in [0.15, 0.2) is 0 Å². The van der Waals surface area contributed by atoms with E-state index in [4.69, 9.17) is 5.73 Å². The summed E-state index contributed by atoms with van der Waals surface area (Å²) in [5.41, 5.74) is 8.66. The minimum Gasteiger partial charge on any atom is -0.352 e. The number of hydrogen-bond acceptors (Lipinski definition) is 2. The maximum absolute atomic E-state index is 12.3. The van der Waals surface area contributed by atoms with Gasteiger partial charge in [-0.15, -0.1) is 0 Å². The molecule has 0 spiro atoms. The predicted molar refractivity (Wildman–Crippen MR) is 82.2 cm³/mol. The highest BCUT2D eigenvalue weighted by Gasteiger charge is 2.26. The van der Waals surface area contributed by atoms with Crippen LogP contribution in [0.1, 0.15) is 50.2 Å². The number of carbonyl (C=O) groups is 1. The topological polar surface area (TPSA) is 55.1 Å². The summed E-state index contributed by atoms with van der Waals surface area (Å²) in [6.45, 7) is 2.76. The molecule has 0 saturated heterocycles. The van der Waals surface area contributed by atoms with E-state index in [1.807, 2.05) is 12.1 Å². The zero-order valence-corrected chi connectivity index (χ0v) is 12.4. The molecule has 3 nitrogen and oxygen atoms in total. The average molecular weight is 274 g/mol. The van der Waals surface area contributed by atoms with E-state index in [1.165, 1.54) is 17.5 Å². The first-order valence-electron chi connectivity index (χ1n) is 7.82. The maximum Gasteiger partial charge on any atom is 0.224 e. The van der Waals surface area contributed by atoms with E-state index < -0.39 is 0 Å². The molecule has 1 amide bonds. The Morgan fingerprint density at radius 2 is 1.90 bits per heavy atom. The van der Waals surface area contributed by atoms with Crippen LogP contribution in [0, 0.1) is 5.92 Å². The predicted octanol–water partition coefficient (Wildman–Crippen LogP) is 2.77. The molecule has 2 rings (SSSR count). The van der Waals surface area contributed by atoms with Crippen molar-refractivity contribution < 1.29 is 4.79 Å². The SMILES string of the molecule is CCc1ccccc1CNC(=O)C1CCCCCC1N. The van der Waals surface area contributed by atoms with Gasteiger partial charge in [-0.1, -0.05) is 50.5 Å². The molecule has 2 unspecified atom stereocenters. The second kappa shape index (κ2) is 7.44. The molecule has 1 aliphatic rings. The van der Waals surface area contributed by atoms with Crippen molar-refractivity contribution in [1.82, 2.24) is 5.32 Å². The average Bonchev–Trinajstić information content (AvgIpc) is 2.69. The lowest BCUT2D eigenvalue weighted by Gasteiger charge is -2.21. The van der Waals surface area contributed by atoms with Crippen molar-refractivity contribution >= 4 is 5.91 Å². The lowest BCUT2D eigenvalue weighted by atomic mass is 9.94. The molecule has 1 aromatic rings. The number of amides is 1. The summed E-state index contributed by atoms with van der Waals surface area (Å²) in [6, 6.07) is 8.31. The minimum atomic E-state index is -0.00807. The van der Waals surface area contributed by atoms with Crippen molar-refractivity contribution in [2.24, 2.45) is 11.7 Å². The van der Waals surface area contributed by atoms with E-state index in [-0.39, 0.29) is 17.9 Å². The van der Waals surface area contributed by atoms with Crippen molar-refractivity contribution in [3.05, 3.63) is 35.4 Å². The second-order valence-corrected chi connectivity index (χ2v) is 5.75. The summed E-state index contributed by atoms with van der Waals surface area (Å²) in [5.74, 6) is 0.122. The molecule has 1 saturated carbocycles. The lowest BCUT2D eigenvalue weighted by molar-refractivity contribution is -0.126. The Labute approximate surface area is 121 Å². The summed E-state index contributed by atoms with van der Waals surface area (Å²) in [4.78, 5) is 12.3. The van der Waals surface area contributed by atoms with Crippen LogP contribution in [0.4, 0.5) is 0 Å². The van der Waals surface area contributed by atoms with E-state index in [0.29, 0.717) is 6.54 Å². The molecular weight excluding hydrogens is 248 g/mol. The van der Waals surface area contributed by atoms with Crippen molar-refractivity contribution in [3.63, 3.8) is 0 Å². The summed E-state index contributed by atoms with van der Waals surface area (Å²) in [7, 11) is 0. The zero-order chi connectivity index (χ0) is 14.4. The van der Waals surface area contributed by atoms with E-state index in [1.54, 1.807) is 0 Å². The van der Waals surface area contributed by atoms with E-state index in [9.17, 15) is 4.79 Å². The first kappa shape index (κ1) is 15.0. The molecule has 3 heteroatoms. The first-order valence-corrected chi connectivity index (χ1v) is 7.82. The van der Waals surface area contributed by atoms with E-state index >= 15 is 0 Å². The molecule has 110 valence electrons. The number of hydrogen-bond donors (Lipinski definition) is 2. The van der Waals surface area contributed by atoms with Crippen LogP contribution in [-0.2, 0) is 17.8 Å². The van der Waals surface area contributed by atoms with Crippen LogP contribution < -0.4 is 11.1 Å². The number of rotatable bonds is 4. The Kier molecular flexibility index (Phi) is 5.60. The molecule has 0 aromatic heterocycles. The summed E-state index contributed by atoms with van der Waals surface area (Å²) >= 11 is 0. The van der Waals surface area contributed by atoms with Gasteiger partial charge in [-0.3, -0.25) is 4.79 Å². The number of carbonyl (C=O) groups excluding carboxylic acids is 1. The second-order valence-electron chi connectivity index (χ2n) is 5.75. The smallest absolute Gasteiger partial charge is 0.224 e. The summed E-state index contributed by atoms with van der Waals surface area (Å²) in [5, 5.41) is 3.08. The standard InChI is InChI=1S/C17H26N2O/c1-2-13-8-6-7-9-14(13)12-19-17(20)15-10-4-3-5-11-16(15)18/h6-9,15-16H,2-5,10-12,18H2,1H3,(H,19,20). The molecule has 2 atom stereocenters. The van der Waals surface area contributed by atoms with E-state index in [0.717, 1.165) is 32.1 Å². The minimum absolute atomic E-state index is 0.00807. The van der Waals surface area contributed by atoms with Gasteiger partial charge in [-0.25, -0.2) is 0 Å². The summed E-state index contributed by atoms with van der Waals surface area (Å²) in [6.07, 6.45) is 6.39. The molecule has 0 radical (unpaired) electrons. The number of aryl methyl sites for hydroxylation is 1. The van der Waals surface area contributed by atoms with Gasteiger partial charge in [-0.05, 0) is 30.4 Å². The highest BCUT2D eigenvalue weighted by molar-refractivity contribution is 5.79. The largest absolute Gasteiger partial charge is 0.352 e. The molecule has 1 fully saturated rings. The Balaban J connectivity index is 1.94. The van der Waals surface area contributed by atoms with Gasteiger partial charge in [0, 0.05) is 12.6 Å². The third-order valence-corrected chi connectivity index (χ3v) is 4.36. The van der Waals surface area contributed by atoms with Gasteiger partial charge in [0.05, 0.1) is 5.92 Å². The molecule has 20 heavy (non-hydrogen) atoms. The van der Waals surface area contributed by atoms with Crippen LogP contribution in [0.5, 0.6) is 0 Å². The highest BCUT2D eigenvalue weighted by Crippen LogP contribution is 2.22. The normalized spacial score (nSPS) is 23.1. The maximum atomic E-state index is 12.3. The van der Waals surface area contributed by atoms with E-state index in [2.05, 4.69) is 24.4 Å². The number of nitrogens with two attached hydrogens (primary N) is 1. The third-order valence-electron chi connectivity index (χ3n) is 4.36. The Morgan fingerprint density at radius 1 is 1.20 bits per heavy atom. The van der Waals surface area contributed by atoms with Crippen LogP contribution in [0.25, 0.3) is 0 Å². The molecule has 0 heterocycles. The van der Waals surface area contributed by atoms with Crippen LogP contribution in [0.2, 0.25) is 0 Å². The number of benzene rings is 1. The monoisotopic (exact) mass is 274 g/mol. The van der Waals surface area contributed by atoms with Crippen LogP contribution in [0.3, 0.4) is 0 Å². The first-order chi connectivity index (χ1) is 9.72. The van der Waals surface area contributed by atoms with Crippen LogP contribution in [0.15, 0.2) is 24.3 Å². The Morgan fingerprint density at radius 3 is 2.65 bits per heavy atom. The third kappa shape index (κ3) is 3.83. The van der Waals surface area contributed by atoms with Gasteiger partial charge < -0.3 is 11.1 Å². The quantitative estimate of drug-likeness (QED) is 0.830. The van der Waals surface area contributed by atoms with Gasteiger partial charge in [-0.2, -0.15) is 0 Å². The summed E-state index contributed by atoms with van der Waals surface area (Å²) < 4.78 is 0. The van der Waals surface area contributed by atoms with Crippen molar-refractivity contribution in [2.45, 2.75) is 58.0 Å². The van der Waals surface area contributed by atoms with Gasteiger partial charge >= 0.3 is 0 Å². The van der Waals surface area contributed by atoms with Crippen molar-refractivity contribution in [3.8, 4) is 0 Å². The van der Waals surface area contributed by atoms with Crippen LogP contribution in [-0.4, -0.2) is 11.9 Å². The fourth-order valence-electron chi connectivity index (χ4n) is 3.05. The molecule has 0 aliphatic heterocycles. The highest BCUT2D eigenvalue weighted by atomic mass is 16.1. The van der Waals surface area contributed by atoms with Gasteiger partial charge in [0.2, 0.25) is 5.91 Å². The lowest BCUT2D eigenvalue weighted by Crippen LogP contribution is -2.41. The van der Waals surface area contributed by atoms with Gasteiger partial charge in [0.25, 0.3) is 0 Å². The van der Waals surface area contributed by atoms with Crippen molar-refractivity contribution in [2.75, 3.05) is 0 Å². The van der Waals surface area contributed by atoms with Gasteiger partial charge in [0.1, 0.15) is 0 Å². The molecule has 1 aliphatic carbocycles. The number of nitrogens with one attached hydrogen (secondary N) is 1. The molecule has 3 N–H and O–H groups in total. The molecule has 0 bridgehead atoms. The fraction of sp³-hybridized carbons (Fsp3) is 0.588. The Hall–Kier alpha value is -1.35. The Bertz CT molecular complexity index is 444. The van der Waals surface area contributed by atoms with Crippen LogP contribution >= 0.6 is 0 Å². The zero-order valence-electron chi connectivity index (χ0n) is 12.4.